The second kappa shape index (κ2) is 5.63. The third-order valence-corrected chi connectivity index (χ3v) is 3.49. The van der Waals surface area contributed by atoms with Gasteiger partial charge in [-0.15, -0.1) is 0 Å². The van der Waals surface area contributed by atoms with E-state index in [1.54, 1.807) is 6.33 Å². The van der Waals surface area contributed by atoms with Gasteiger partial charge in [0.25, 0.3) is 0 Å². The van der Waals surface area contributed by atoms with Crippen LogP contribution in [0.15, 0.2) is 6.33 Å². The summed E-state index contributed by atoms with van der Waals surface area (Å²) in [6, 6.07) is 1.03. The molecule has 4 nitrogen and oxygen atoms in total. The zero-order chi connectivity index (χ0) is 12.3. The predicted molar refractivity (Wildman–Crippen MR) is 68.7 cm³/mol. The predicted octanol–water partition coefficient (Wildman–Crippen LogP) is 2.53. The molecule has 0 aliphatic heterocycles. The molecule has 1 N–H and O–H groups in total. The van der Waals surface area contributed by atoms with E-state index in [2.05, 4.69) is 36.2 Å². The van der Waals surface area contributed by atoms with Gasteiger partial charge in [-0.2, -0.15) is 5.10 Å². The second-order valence-electron chi connectivity index (χ2n) is 5.38. The van der Waals surface area contributed by atoms with Crippen molar-refractivity contribution < 1.29 is 0 Å². The summed E-state index contributed by atoms with van der Waals surface area (Å²) in [5, 5.41) is 7.87. The topological polar surface area (TPSA) is 42.7 Å². The monoisotopic (exact) mass is 236 g/mol. The van der Waals surface area contributed by atoms with Gasteiger partial charge in [0.05, 0.1) is 6.54 Å². The molecule has 1 fully saturated rings. The van der Waals surface area contributed by atoms with Crippen LogP contribution in [0, 0.1) is 5.92 Å². The Morgan fingerprint density at radius 3 is 2.82 bits per heavy atom. The minimum Gasteiger partial charge on any atom is -0.307 e. The SMILES string of the molecule is CCC(CC1CC1)NCc1ncnn1C(C)C. The van der Waals surface area contributed by atoms with Gasteiger partial charge in [0.15, 0.2) is 0 Å². The number of aromatic nitrogens is 3. The molecule has 1 unspecified atom stereocenters. The summed E-state index contributed by atoms with van der Waals surface area (Å²) in [5.74, 6) is 2.03. The zero-order valence-corrected chi connectivity index (χ0v) is 11.2. The number of nitrogens with one attached hydrogen (secondary N) is 1. The average Bonchev–Trinajstić information content (AvgIpc) is 2.99. The zero-order valence-electron chi connectivity index (χ0n) is 11.2. The van der Waals surface area contributed by atoms with Crippen molar-refractivity contribution in [3.05, 3.63) is 12.2 Å². The molecule has 1 atom stereocenters. The summed E-state index contributed by atoms with van der Waals surface area (Å²) in [6.07, 6.45) is 7.04. The number of hydrogen-bond acceptors (Lipinski definition) is 3. The summed E-state index contributed by atoms with van der Waals surface area (Å²) in [5.41, 5.74) is 0. The number of nitrogens with zero attached hydrogens (tertiary/aromatic N) is 3. The molecule has 1 aromatic heterocycles. The van der Waals surface area contributed by atoms with Crippen molar-refractivity contribution in [1.29, 1.82) is 0 Å². The minimum atomic E-state index is 0.387. The van der Waals surface area contributed by atoms with E-state index in [0.29, 0.717) is 12.1 Å². The highest BCUT2D eigenvalue weighted by molar-refractivity contribution is 4.88. The van der Waals surface area contributed by atoms with Crippen LogP contribution in [0.2, 0.25) is 0 Å². The first kappa shape index (κ1) is 12.6. The molecule has 0 bridgehead atoms. The molecule has 1 aliphatic rings. The van der Waals surface area contributed by atoms with Crippen molar-refractivity contribution in [2.45, 2.75) is 65.1 Å². The largest absolute Gasteiger partial charge is 0.307 e. The fourth-order valence-electron chi connectivity index (χ4n) is 2.22. The molecular formula is C13H24N4. The highest BCUT2D eigenvalue weighted by atomic mass is 15.4. The van der Waals surface area contributed by atoms with E-state index in [1.807, 2.05) is 4.68 Å². The van der Waals surface area contributed by atoms with E-state index in [4.69, 9.17) is 0 Å². The van der Waals surface area contributed by atoms with Gasteiger partial charge in [-0.1, -0.05) is 19.8 Å². The number of rotatable bonds is 7. The fourth-order valence-corrected chi connectivity index (χ4v) is 2.22. The van der Waals surface area contributed by atoms with Crippen LogP contribution in [-0.4, -0.2) is 20.8 Å². The molecule has 4 heteroatoms. The van der Waals surface area contributed by atoms with Crippen LogP contribution < -0.4 is 5.32 Å². The van der Waals surface area contributed by atoms with Crippen molar-refractivity contribution in [2.75, 3.05) is 0 Å². The molecule has 1 aliphatic carbocycles. The van der Waals surface area contributed by atoms with Crippen molar-refractivity contribution in [1.82, 2.24) is 20.1 Å². The van der Waals surface area contributed by atoms with Crippen LogP contribution in [0.1, 0.15) is 58.3 Å². The van der Waals surface area contributed by atoms with Crippen LogP contribution in [0.4, 0.5) is 0 Å². The summed E-state index contributed by atoms with van der Waals surface area (Å²) in [6.45, 7) is 7.37. The highest BCUT2D eigenvalue weighted by Gasteiger charge is 2.24. The Hall–Kier alpha value is -0.900. The Kier molecular flexibility index (Phi) is 4.15. The summed E-state index contributed by atoms with van der Waals surface area (Å²) in [7, 11) is 0. The van der Waals surface area contributed by atoms with Crippen LogP contribution in [0.5, 0.6) is 0 Å². The molecule has 0 aromatic carbocycles. The van der Waals surface area contributed by atoms with Crippen molar-refractivity contribution in [2.24, 2.45) is 5.92 Å². The molecule has 1 aromatic rings. The standard InChI is InChI=1S/C13H24N4/c1-4-12(7-11-5-6-11)14-8-13-15-9-16-17(13)10(2)3/h9-12,14H,4-8H2,1-3H3. The Labute approximate surface area is 104 Å². The first-order valence-electron chi connectivity index (χ1n) is 6.82. The molecule has 96 valence electrons. The molecule has 0 saturated heterocycles. The normalized spacial score (nSPS) is 17.6. The van der Waals surface area contributed by atoms with Gasteiger partial charge in [0.1, 0.15) is 12.2 Å². The Balaban J connectivity index is 1.84. The molecular weight excluding hydrogens is 212 g/mol. The minimum absolute atomic E-state index is 0.387. The second-order valence-corrected chi connectivity index (χ2v) is 5.38. The van der Waals surface area contributed by atoms with Gasteiger partial charge in [-0.05, 0) is 32.6 Å². The molecule has 17 heavy (non-hydrogen) atoms. The first-order chi connectivity index (χ1) is 8.20. The van der Waals surface area contributed by atoms with E-state index >= 15 is 0 Å². The quantitative estimate of drug-likeness (QED) is 0.791. The van der Waals surface area contributed by atoms with Gasteiger partial charge >= 0.3 is 0 Å². The van der Waals surface area contributed by atoms with E-state index in [1.165, 1.54) is 25.7 Å². The first-order valence-corrected chi connectivity index (χ1v) is 6.82. The third-order valence-electron chi connectivity index (χ3n) is 3.49. The van der Waals surface area contributed by atoms with Gasteiger partial charge in [0, 0.05) is 12.1 Å². The average molecular weight is 236 g/mol. The van der Waals surface area contributed by atoms with E-state index < -0.39 is 0 Å². The lowest BCUT2D eigenvalue weighted by Gasteiger charge is -2.17. The van der Waals surface area contributed by atoms with Gasteiger partial charge < -0.3 is 5.32 Å². The van der Waals surface area contributed by atoms with Crippen molar-refractivity contribution >= 4 is 0 Å². The van der Waals surface area contributed by atoms with Gasteiger partial charge in [-0.3, -0.25) is 0 Å². The van der Waals surface area contributed by atoms with E-state index in [0.717, 1.165) is 18.3 Å². The maximum atomic E-state index is 4.33. The summed E-state index contributed by atoms with van der Waals surface area (Å²) in [4.78, 5) is 4.33. The molecule has 2 rings (SSSR count). The summed E-state index contributed by atoms with van der Waals surface area (Å²) < 4.78 is 2.00. The van der Waals surface area contributed by atoms with Crippen molar-refractivity contribution in [3.63, 3.8) is 0 Å². The molecule has 0 radical (unpaired) electrons. The van der Waals surface area contributed by atoms with Crippen LogP contribution >= 0.6 is 0 Å². The summed E-state index contributed by atoms with van der Waals surface area (Å²) >= 11 is 0. The van der Waals surface area contributed by atoms with Crippen molar-refractivity contribution in [3.8, 4) is 0 Å². The lowest BCUT2D eigenvalue weighted by Crippen LogP contribution is -2.30. The maximum Gasteiger partial charge on any atom is 0.141 e. The Morgan fingerprint density at radius 1 is 1.47 bits per heavy atom. The van der Waals surface area contributed by atoms with Gasteiger partial charge in [-0.25, -0.2) is 9.67 Å². The molecule has 0 spiro atoms. The van der Waals surface area contributed by atoms with Gasteiger partial charge in [0.2, 0.25) is 0 Å². The maximum absolute atomic E-state index is 4.33. The third kappa shape index (κ3) is 3.53. The number of hydrogen-bond donors (Lipinski definition) is 1. The van der Waals surface area contributed by atoms with Crippen LogP contribution in [-0.2, 0) is 6.54 Å². The fraction of sp³-hybridized carbons (Fsp3) is 0.846. The van der Waals surface area contributed by atoms with Crippen LogP contribution in [0.3, 0.4) is 0 Å². The smallest absolute Gasteiger partial charge is 0.141 e. The Bertz CT molecular complexity index is 341. The lowest BCUT2D eigenvalue weighted by atomic mass is 10.1. The van der Waals surface area contributed by atoms with E-state index in [-0.39, 0.29) is 0 Å². The molecule has 0 amide bonds. The molecule has 1 saturated carbocycles. The lowest BCUT2D eigenvalue weighted by molar-refractivity contribution is 0.420. The van der Waals surface area contributed by atoms with E-state index in [9.17, 15) is 0 Å². The highest BCUT2D eigenvalue weighted by Crippen LogP contribution is 2.34. The Morgan fingerprint density at radius 2 is 2.24 bits per heavy atom. The van der Waals surface area contributed by atoms with Crippen LogP contribution in [0.25, 0.3) is 0 Å². The molecule has 1 heterocycles.